The van der Waals surface area contributed by atoms with Crippen LogP contribution in [0.3, 0.4) is 0 Å². The number of imidazole rings is 1. The molecule has 18 heavy (non-hydrogen) atoms. The molecule has 0 saturated heterocycles. The number of nitrogens with one attached hydrogen (secondary N) is 1. The maximum absolute atomic E-state index is 4.55. The Hall–Kier alpha value is -0.790. The lowest BCUT2D eigenvalue weighted by atomic mass is 9.87. The summed E-state index contributed by atoms with van der Waals surface area (Å²) in [5.41, 5.74) is 1.40. The minimum Gasteiger partial charge on any atom is -0.346 e. The fourth-order valence-corrected chi connectivity index (χ4v) is 3.02. The topological polar surface area (TPSA) is 28.7 Å². The van der Waals surface area contributed by atoms with E-state index in [1.807, 2.05) is 0 Å². The van der Waals surface area contributed by atoms with Gasteiger partial charge >= 0.3 is 0 Å². The third-order valence-corrected chi connectivity index (χ3v) is 4.21. The minimum absolute atomic E-state index is 0.764. The number of hydrogen-bond acceptors (Lipinski definition) is 1. The van der Waals surface area contributed by atoms with E-state index in [9.17, 15) is 0 Å². The number of unbranched alkanes of at least 4 members (excludes halogenated alkanes) is 4. The van der Waals surface area contributed by atoms with Crippen molar-refractivity contribution < 1.29 is 0 Å². The summed E-state index contributed by atoms with van der Waals surface area (Å²) in [5, 5.41) is 0. The Morgan fingerprint density at radius 1 is 1.11 bits per heavy atom. The molecule has 0 spiro atoms. The third-order valence-electron chi connectivity index (χ3n) is 4.21. The fourth-order valence-electron chi connectivity index (χ4n) is 3.02. The second-order valence-electron chi connectivity index (χ2n) is 5.78. The summed E-state index contributed by atoms with van der Waals surface area (Å²) in [5.74, 6) is 1.98. The van der Waals surface area contributed by atoms with Gasteiger partial charge in [0, 0.05) is 24.2 Å². The van der Waals surface area contributed by atoms with E-state index in [-0.39, 0.29) is 0 Å². The van der Waals surface area contributed by atoms with Gasteiger partial charge < -0.3 is 4.98 Å². The van der Waals surface area contributed by atoms with Crippen molar-refractivity contribution in [1.82, 2.24) is 9.97 Å². The molecule has 1 fully saturated rings. The van der Waals surface area contributed by atoms with Gasteiger partial charge in [-0.1, -0.05) is 51.9 Å². The van der Waals surface area contributed by atoms with Crippen molar-refractivity contribution in [3.05, 3.63) is 17.7 Å². The molecule has 1 heterocycles. The highest BCUT2D eigenvalue weighted by Crippen LogP contribution is 2.31. The Kier molecular flexibility index (Phi) is 5.76. The smallest absolute Gasteiger partial charge is 0.106 e. The predicted octanol–water partition coefficient (Wildman–Crippen LogP) is 4.97. The molecule has 1 aromatic heterocycles. The van der Waals surface area contributed by atoms with E-state index in [4.69, 9.17) is 0 Å². The van der Waals surface area contributed by atoms with Gasteiger partial charge in [0.15, 0.2) is 0 Å². The average Bonchev–Trinajstić information content (AvgIpc) is 2.88. The van der Waals surface area contributed by atoms with Crippen molar-refractivity contribution in [3.63, 3.8) is 0 Å². The Labute approximate surface area is 112 Å². The number of rotatable bonds is 7. The van der Waals surface area contributed by atoms with Gasteiger partial charge in [-0.15, -0.1) is 0 Å². The van der Waals surface area contributed by atoms with E-state index in [1.54, 1.807) is 0 Å². The van der Waals surface area contributed by atoms with Crippen molar-refractivity contribution >= 4 is 0 Å². The summed E-state index contributed by atoms with van der Waals surface area (Å²) >= 11 is 0. The van der Waals surface area contributed by atoms with Crippen LogP contribution in [0.5, 0.6) is 0 Å². The highest BCUT2D eigenvalue weighted by molar-refractivity contribution is 5.08. The first-order chi connectivity index (χ1) is 8.90. The van der Waals surface area contributed by atoms with E-state index in [2.05, 4.69) is 23.1 Å². The van der Waals surface area contributed by atoms with Gasteiger partial charge in [0.05, 0.1) is 0 Å². The monoisotopic (exact) mass is 248 g/mol. The van der Waals surface area contributed by atoms with E-state index in [1.165, 1.54) is 75.7 Å². The van der Waals surface area contributed by atoms with Gasteiger partial charge in [0.25, 0.3) is 0 Å². The second kappa shape index (κ2) is 7.60. The molecule has 1 aliphatic carbocycles. The fraction of sp³-hybridized carbons (Fsp3) is 0.812. The summed E-state index contributed by atoms with van der Waals surface area (Å²) in [6.45, 7) is 2.27. The normalized spacial score (nSPS) is 17.2. The summed E-state index contributed by atoms with van der Waals surface area (Å²) in [4.78, 5) is 8.12. The molecule has 1 aromatic rings. The lowest BCUT2D eigenvalue weighted by Gasteiger charge is -2.19. The Balaban J connectivity index is 1.72. The summed E-state index contributed by atoms with van der Waals surface area (Å²) in [7, 11) is 0. The largest absolute Gasteiger partial charge is 0.346 e. The Morgan fingerprint density at radius 2 is 1.89 bits per heavy atom. The number of H-pyrrole nitrogens is 1. The molecule has 1 N–H and O–H groups in total. The SMILES string of the molecule is CCCCCCCc1ncc(C2CCCCC2)[nH]1. The molecule has 0 bridgehead atoms. The first-order valence-corrected chi connectivity index (χ1v) is 7.94. The lowest BCUT2D eigenvalue weighted by Crippen LogP contribution is -2.04. The van der Waals surface area contributed by atoms with E-state index >= 15 is 0 Å². The van der Waals surface area contributed by atoms with Gasteiger partial charge in [0.1, 0.15) is 5.82 Å². The van der Waals surface area contributed by atoms with Gasteiger partial charge in [-0.05, 0) is 19.3 Å². The third kappa shape index (κ3) is 4.15. The number of aromatic nitrogens is 2. The quantitative estimate of drug-likeness (QED) is 0.678. The van der Waals surface area contributed by atoms with Crippen molar-refractivity contribution in [2.75, 3.05) is 0 Å². The zero-order chi connectivity index (χ0) is 12.6. The van der Waals surface area contributed by atoms with Crippen LogP contribution in [0, 0.1) is 0 Å². The Morgan fingerprint density at radius 3 is 2.67 bits per heavy atom. The molecule has 102 valence electrons. The number of hydrogen-bond donors (Lipinski definition) is 1. The lowest BCUT2D eigenvalue weighted by molar-refractivity contribution is 0.437. The molecule has 0 radical (unpaired) electrons. The molecule has 0 amide bonds. The standard InChI is InChI=1S/C16H28N2/c1-2-3-4-5-9-12-16-17-13-15(18-16)14-10-7-6-8-11-14/h13-14H,2-12H2,1H3,(H,17,18). The van der Waals surface area contributed by atoms with E-state index in [0.717, 1.165) is 12.3 Å². The molecule has 2 nitrogen and oxygen atoms in total. The van der Waals surface area contributed by atoms with Crippen LogP contribution in [0.15, 0.2) is 6.20 Å². The van der Waals surface area contributed by atoms with Crippen LogP contribution in [0.2, 0.25) is 0 Å². The number of aromatic amines is 1. The summed E-state index contributed by atoms with van der Waals surface area (Å²) in [6, 6.07) is 0. The molecule has 0 unspecified atom stereocenters. The van der Waals surface area contributed by atoms with Gasteiger partial charge in [-0.25, -0.2) is 4.98 Å². The molecule has 0 aromatic carbocycles. The molecule has 1 saturated carbocycles. The van der Waals surface area contributed by atoms with Gasteiger partial charge in [-0.3, -0.25) is 0 Å². The van der Waals surface area contributed by atoms with Crippen molar-refractivity contribution in [1.29, 1.82) is 0 Å². The van der Waals surface area contributed by atoms with Crippen LogP contribution >= 0.6 is 0 Å². The number of aryl methyl sites for hydroxylation is 1. The highest BCUT2D eigenvalue weighted by atomic mass is 14.9. The van der Waals surface area contributed by atoms with Gasteiger partial charge in [0.2, 0.25) is 0 Å². The van der Waals surface area contributed by atoms with E-state index < -0.39 is 0 Å². The van der Waals surface area contributed by atoms with Crippen LogP contribution < -0.4 is 0 Å². The molecular formula is C16H28N2. The average molecular weight is 248 g/mol. The molecule has 2 heteroatoms. The van der Waals surface area contributed by atoms with E-state index in [0.29, 0.717) is 0 Å². The van der Waals surface area contributed by atoms with Crippen LogP contribution in [-0.4, -0.2) is 9.97 Å². The highest BCUT2D eigenvalue weighted by Gasteiger charge is 2.17. The zero-order valence-corrected chi connectivity index (χ0v) is 11.9. The van der Waals surface area contributed by atoms with Crippen LogP contribution in [0.4, 0.5) is 0 Å². The van der Waals surface area contributed by atoms with Gasteiger partial charge in [-0.2, -0.15) is 0 Å². The van der Waals surface area contributed by atoms with Crippen LogP contribution in [0.1, 0.15) is 88.6 Å². The van der Waals surface area contributed by atoms with Crippen molar-refractivity contribution in [2.24, 2.45) is 0 Å². The molecule has 0 aliphatic heterocycles. The molecule has 2 rings (SSSR count). The second-order valence-corrected chi connectivity index (χ2v) is 5.78. The molecule has 1 aliphatic rings. The minimum atomic E-state index is 0.764. The summed E-state index contributed by atoms with van der Waals surface area (Å²) in [6.07, 6.45) is 16.9. The number of nitrogens with zero attached hydrogens (tertiary/aromatic N) is 1. The first-order valence-electron chi connectivity index (χ1n) is 7.94. The first kappa shape index (κ1) is 13.6. The van der Waals surface area contributed by atoms with Crippen LogP contribution in [0.25, 0.3) is 0 Å². The molecular weight excluding hydrogens is 220 g/mol. The zero-order valence-electron chi connectivity index (χ0n) is 11.9. The maximum Gasteiger partial charge on any atom is 0.106 e. The Bertz CT molecular complexity index is 324. The van der Waals surface area contributed by atoms with Crippen LogP contribution in [-0.2, 0) is 6.42 Å². The molecule has 0 atom stereocenters. The predicted molar refractivity (Wildman–Crippen MR) is 76.9 cm³/mol. The van der Waals surface area contributed by atoms with Crippen molar-refractivity contribution in [3.8, 4) is 0 Å². The van der Waals surface area contributed by atoms with Crippen molar-refractivity contribution in [2.45, 2.75) is 83.5 Å². The maximum atomic E-state index is 4.55. The summed E-state index contributed by atoms with van der Waals surface area (Å²) < 4.78 is 0.